The van der Waals surface area contributed by atoms with Crippen LogP contribution in [0.1, 0.15) is 13.8 Å². The number of hydrogen-bond acceptors (Lipinski definition) is 3. The Bertz CT molecular complexity index is 196. The predicted octanol–water partition coefficient (Wildman–Crippen LogP) is 0.313. The molecule has 1 rings (SSSR count). The summed E-state index contributed by atoms with van der Waals surface area (Å²) >= 11 is 0. The summed E-state index contributed by atoms with van der Waals surface area (Å²) in [6.45, 7) is 8.82. The van der Waals surface area contributed by atoms with E-state index in [1.165, 1.54) is 6.08 Å². The molecule has 1 aliphatic rings. The molecule has 0 bridgehead atoms. The van der Waals surface area contributed by atoms with Gasteiger partial charge in [0.2, 0.25) is 0 Å². The zero-order valence-corrected chi connectivity index (χ0v) is 8.12. The molecule has 2 atom stereocenters. The minimum Gasteiger partial charge on any atom is -0.373 e. The molecule has 1 heterocycles. The Morgan fingerprint density at radius 1 is 1.54 bits per heavy atom. The van der Waals surface area contributed by atoms with Crippen molar-refractivity contribution in [1.29, 1.82) is 0 Å². The Hall–Kier alpha value is -0.870. The van der Waals surface area contributed by atoms with Crippen LogP contribution in [0.3, 0.4) is 0 Å². The summed E-state index contributed by atoms with van der Waals surface area (Å²) in [7, 11) is 0. The summed E-state index contributed by atoms with van der Waals surface area (Å²) in [4.78, 5) is 11.0. The maximum Gasteiger partial charge on any atom is 0.257 e. The summed E-state index contributed by atoms with van der Waals surface area (Å²) in [5.74, 6) is -0.165. The van der Waals surface area contributed by atoms with Gasteiger partial charge in [-0.25, -0.2) is 5.01 Å². The fraction of sp³-hybridized carbons (Fsp3) is 0.667. The van der Waals surface area contributed by atoms with Gasteiger partial charge in [0, 0.05) is 13.1 Å². The van der Waals surface area contributed by atoms with E-state index in [-0.39, 0.29) is 18.1 Å². The standard InChI is InChI=1S/C9H16N2O2/c1-4-9(12)10-11-5-7(2)13-8(3)6-11/h4,7-8H,1,5-6H2,2-3H3,(H,10,12). The van der Waals surface area contributed by atoms with E-state index in [9.17, 15) is 4.79 Å². The summed E-state index contributed by atoms with van der Waals surface area (Å²) in [5.41, 5.74) is 2.73. The minimum atomic E-state index is -0.165. The molecule has 0 saturated carbocycles. The Kier molecular flexibility index (Phi) is 3.45. The lowest BCUT2D eigenvalue weighted by Gasteiger charge is -2.34. The average molecular weight is 184 g/mol. The largest absolute Gasteiger partial charge is 0.373 e. The number of carbonyl (C=O) groups excluding carboxylic acids is 1. The number of rotatable bonds is 2. The summed E-state index contributed by atoms with van der Waals surface area (Å²) in [6, 6.07) is 0. The topological polar surface area (TPSA) is 41.6 Å². The second-order valence-corrected chi connectivity index (χ2v) is 3.34. The van der Waals surface area contributed by atoms with E-state index in [0.29, 0.717) is 0 Å². The van der Waals surface area contributed by atoms with Crippen molar-refractivity contribution < 1.29 is 9.53 Å². The molecule has 1 fully saturated rings. The van der Waals surface area contributed by atoms with Crippen LogP contribution in [0.4, 0.5) is 0 Å². The number of morpholine rings is 1. The van der Waals surface area contributed by atoms with Gasteiger partial charge in [0.25, 0.3) is 5.91 Å². The smallest absolute Gasteiger partial charge is 0.257 e. The number of carbonyl (C=O) groups is 1. The van der Waals surface area contributed by atoms with Gasteiger partial charge in [0.15, 0.2) is 0 Å². The number of hydrogen-bond donors (Lipinski definition) is 1. The number of hydrazine groups is 1. The van der Waals surface area contributed by atoms with Crippen LogP contribution >= 0.6 is 0 Å². The van der Waals surface area contributed by atoms with Crippen LogP contribution in [0.15, 0.2) is 12.7 Å². The van der Waals surface area contributed by atoms with Crippen molar-refractivity contribution in [2.24, 2.45) is 0 Å². The highest BCUT2D eigenvalue weighted by molar-refractivity contribution is 5.86. The van der Waals surface area contributed by atoms with Gasteiger partial charge in [-0.2, -0.15) is 0 Å². The van der Waals surface area contributed by atoms with E-state index >= 15 is 0 Å². The number of nitrogens with zero attached hydrogens (tertiary/aromatic N) is 1. The van der Waals surface area contributed by atoms with Gasteiger partial charge in [-0.05, 0) is 19.9 Å². The molecule has 1 N–H and O–H groups in total. The van der Waals surface area contributed by atoms with E-state index in [1.54, 1.807) is 0 Å². The molecule has 4 nitrogen and oxygen atoms in total. The van der Waals surface area contributed by atoms with Crippen molar-refractivity contribution in [2.45, 2.75) is 26.1 Å². The molecule has 0 spiro atoms. The first-order chi connectivity index (χ1) is 6.11. The third-order valence-electron chi connectivity index (χ3n) is 1.87. The fourth-order valence-electron chi connectivity index (χ4n) is 1.47. The minimum absolute atomic E-state index is 0.161. The van der Waals surface area contributed by atoms with Crippen LogP contribution in [0.25, 0.3) is 0 Å². The Balaban J connectivity index is 2.41. The lowest BCUT2D eigenvalue weighted by molar-refractivity contribution is -0.128. The molecule has 4 heteroatoms. The van der Waals surface area contributed by atoms with E-state index in [4.69, 9.17) is 4.74 Å². The summed E-state index contributed by atoms with van der Waals surface area (Å²) in [6.07, 6.45) is 1.59. The molecule has 0 aromatic heterocycles. The summed E-state index contributed by atoms with van der Waals surface area (Å²) in [5, 5.41) is 1.86. The second-order valence-electron chi connectivity index (χ2n) is 3.34. The first-order valence-electron chi connectivity index (χ1n) is 4.45. The first kappa shape index (κ1) is 10.2. The number of ether oxygens (including phenoxy) is 1. The molecule has 0 radical (unpaired) electrons. The van der Waals surface area contributed by atoms with Crippen LogP contribution < -0.4 is 5.43 Å². The van der Waals surface area contributed by atoms with E-state index in [2.05, 4.69) is 12.0 Å². The van der Waals surface area contributed by atoms with Gasteiger partial charge >= 0.3 is 0 Å². The van der Waals surface area contributed by atoms with Crippen molar-refractivity contribution in [1.82, 2.24) is 10.4 Å². The van der Waals surface area contributed by atoms with Gasteiger partial charge in [0.1, 0.15) is 0 Å². The van der Waals surface area contributed by atoms with Crippen LogP contribution in [0.2, 0.25) is 0 Å². The van der Waals surface area contributed by atoms with Crippen molar-refractivity contribution in [3.05, 3.63) is 12.7 Å². The van der Waals surface area contributed by atoms with Crippen LogP contribution in [-0.2, 0) is 9.53 Å². The van der Waals surface area contributed by atoms with Crippen molar-refractivity contribution in [2.75, 3.05) is 13.1 Å². The van der Waals surface area contributed by atoms with E-state index < -0.39 is 0 Å². The molecule has 1 amide bonds. The molecule has 74 valence electrons. The molecule has 2 unspecified atom stereocenters. The zero-order valence-electron chi connectivity index (χ0n) is 8.12. The number of nitrogens with one attached hydrogen (secondary N) is 1. The van der Waals surface area contributed by atoms with Gasteiger partial charge in [-0.3, -0.25) is 10.2 Å². The maximum absolute atomic E-state index is 11.0. The van der Waals surface area contributed by atoms with Crippen molar-refractivity contribution in [3.63, 3.8) is 0 Å². The lowest BCUT2D eigenvalue weighted by Crippen LogP contribution is -2.53. The number of amides is 1. The molecular formula is C9H16N2O2. The third kappa shape index (κ3) is 3.16. The zero-order chi connectivity index (χ0) is 9.84. The van der Waals surface area contributed by atoms with E-state index in [0.717, 1.165) is 13.1 Å². The average Bonchev–Trinajstić information content (AvgIpc) is 2.02. The van der Waals surface area contributed by atoms with E-state index in [1.807, 2.05) is 18.9 Å². The second kappa shape index (κ2) is 4.39. The molecule has 0 aliphatic carbocycles. The quantitative estimate of drug-likeness (QED) is 0.628. The van der Waals surface area contributed by atoms with Gasteiger partial charge in [0.05, 0.1) is 12.2 Å². The predicted molar refractivity (Wildman–Crippen MR) is 49.9 cm³/mol. The van der Waals surface area contributed by atoms with Crippen molar-refractivity contribution >= 4 is 5.91 Å². The Labute approximate surface area is 78.5 Å². The highest BCUT2D eigenvalue weighted by Crippen LogP contribution is 2.07. The van der Waals surface area contributed by atoms with Crippen molar-refractivity contribution in [3.8, 4) is 0 Å². The molecular weight excluding hydrogens is 168 g/mol. The van der Waals surface area contributed by atoms with Crippen LogP contribution in [-0.4, -0.2) is 36.2 Å². The highest BCUT2D eigenvalue weighted by atomic mass is 16.5. The van der Waals surface area contributed by atoms with Gasteiger partial charge < -0.3 is 4.74 Å². The first-order valence-corrected chi connectivity index (χ1v) is 4.45. The molecule has 1 aliphatic heterocycles. The normalized spacial score (nSPS) is 29.7. The van der Waals surface area contributed by atoms with Crippen LogP contribution in [0, 0.1) is 0 Å². The molecule has 13 heavy (non-hydrogen) atoms. The molecule has 0 aromatic carbocycles. The molecule has 1 saturated heterocycles. The highest BCUT2D eigenvalue weighted by Gasteiger charge is 2.22. The summed E-state index contributed by atoms with van der Waals surface area (Å²) < 4.78 is 5.51. The van der Waals surface area contributed by atoms with Crippen LogP contribution in [0.5, 0.6) is 0 Å². The Morgan fingerprint density at radius 3 is 2.54 bits per heavy atom. The third-order valence-corrected chi connectivity index (χ3v) is 1.87. The maximum atomic E-state index is 11.0. The monoisotopic (exact) mass is 184 g/mol. The lowest BCUT2D eigenvalue weighted by atomic mass is 10.2. The molecule has 0 aromatic rings. The Morgan fingerprint density at radius 2 is 2.08 bits per heavy atom. The van der Waals surface area contributed by atoms with Gasteiger partial charge in [-0.1, -0.05) is 6.58 Å². The fourth-order valence-corrected chi connectivity index (χ4v) is 1.47. The van der Waals surface area contributed by atoms with Gasteiger partial charge in [-0.15, -0.1) is 0 Å². The SMILES string of the molecule is C=CC(=O)NN1CC(C)OC(C)C1.